The Balaban J connectivity index is 2.16. The summed E-state index contributed by atoms with van der Waals surface area (Å²) in [4.78, 5) is 2.74. The molecule has 0 saturated carbocycles. The van der Waals surface area contributed by atoms with Gasteiger partial charge in [0.15, 0.2) is 4.77 Å². The zero-order chi connectivity index (χ0) is 13.1. The van der Waals surface area contributed by atoms with Crippen LogP contribution in [0.2, 0.25) is 0 Å². The van der Waals surface area contributed by atoms with Crippen molar-refractivity contribution in [1.82, 2.24) is 9.55 Å². The summed E-state index contributed by atoms with van der Waals surface area (Å²) in [5.74, 6) is -0.397. The lowest BCUT2D eigenvalue weighted by Crippen LogP contribution is -2.10. The number of aromatic nitrogens is 2. The summed E-state index contributed by atoms with van der Waals surface area (Å²) in [6, 6.07) is 4.60. The van der Waals surface area contributed by atoms with Gasteiger partial charge in [-0.15, -0.1) is 0 Å². The second-order valence-electron chi connectivity index (χ2n) is 3.68. The second-order valence-corrected chi connectivity index (χ2v) is 4.07. The highest BCUT2D eigenvalue weighted by molar-refractivity contribution is 7.71. The molecule has 0 atom stereocenters. The van der Waals surface area contributed by atoms with Crippen LogP contribution in [0, 0.1) is 10.6 Å². The van der Waals surface area contributed by atoms with Crippen molar-refractivity contribution >= 4 is 23.3 Å². The first-order valence-corrected chi connectivity index (χ1v) is 5.73. The number of halogens is 3. The Bertz CT molecular complexity index is 593. The predicted molar refractivity (Wildman–Crippen MR) is 63.9 cm³/mol. The van der Waals surface area contributed by atoms with Crippen LogP contribution in [0.1, 0.15) is 0 Å². The van der Waals surface area contributed by atoms with E-state index >= 15 is 0 Å². The number of para-hydroxylation sites is 1. The van der Waals surface area contributed by atoms with E-state index in [1.54, 1.807) is 16.7 Å². The summed E-state index contributed by atoms with van der Waals surface area (Å²) in [6.45, 7) is -0.207. The third-order valence-electron chi connectivity index (χ3n) is 2.46. The molecule has 18 heavy (non-hydrogen) atoms. The molecule has 0 aliphatic rings. The standard InChI is InChI=1S/C11H11F3N2OS/c12-7-2-1-3-8-10(7)15-11(18)16(8)4-5-17-6-9(13)14/h1-3,9H,4-6H2,(H,15,18). The fraction of sp³-hybridized carbons (Fsp3) is 0.364. The zero-order valence-corrected chi connectivity index (χ0v) is 10.1. The maximum Gasteiger partial charge on any atom is 0.261 e. The van der Waals surface area contributed by atoms with Crippen molar-refractivity contribution in [1.29, 1.82) is 0 Å². The van der Waals surface area contributed by atoms with Gasteiger partial charge in [0.05, 0.1) is 12.1 Å². The minimum absolute atomic E-state index is 0.0993. The van der Waals surface area contributed by atoms with Gasteiger partial charge in [0.25, 0.3) is 6.43 Å². The predicted octanol–water partition coefficient (Wildman–Crippen LogP) is 3.12. The first kappa shape index (κ1) is 13.1. The van der Waals surface area contributed by atoms with E-state index in [1.165, 1.54) is 6.07 Å². The largest absolute Gasteiger partial charge is 0.374 e. The van der Waals surface area contributed by atoms with Gasteiger partial charge in [-0.3, -0.25) is 0 Å². The molecule has 1 N–H and O–H groups in total. The Kier molecular flexibility index (Phi) is 4.03. The lowest BCUT2D eigenvalue weighted by Gasteiger charge is -2.05. The molecule has 0 saturated heterocycles. The molecule has 2 aromatic rings. The van der Waals surface area contributed by atoms with Crippen LogP contribution in [-0.2, 0) is 11.3 Å². The summed E-state index contributed by atoms with van der Waals surface area (Å²) < 4.78 is 44.0. The van der Waals surface area contributed by atoms with E-state index in [4.69, 9.17) is 17.0 Å². The molecule has 0 fully saturated rings. The highest BCUT2D eigenvalue weighted by Crippen LogP contribution is 2.17. The van der Waals surface area contributed by atoms with Crippen LogP contribution in [0.5, 0.6) is 0 Å². The van der Waals surface area contributed by atoms with Crippen molar-refractivity contribution in [3.05, 3.63) is 28.8 Å². The Hall–Kier alpha value is -1.34. The molecule has 0 amide bonds. The summed E-state index contributed by atoms with van der Waals surface area (Å²) in [7, 11) is 0. The molecule has 1 heterocycles. The molecule has 3 nitrogen and oxygen atoms in total. The second kappa shape index (κ2) is 5.53. The minimum Gasteiger partial charge on any atom is -0.374 e. The SMILES string of the molecule is Fc1cccc2c1[nH]c(=S)n2CCOCC(F)F. The van der Waals surface area contributed by atoms with Gasteiger partial charge in [-0.2, -0.15) is 0 Å². The Morgan fingerprint density at radius 3 is 2.89 bits per heavy atom. The van der Waals surface area contributed by atoms with E-state index in [9.17, 15) is 13.2 Å². The third kappa shape index (κ3) is 2.73. The van der Waals surface area contributed by atoms with Crippen LogP contribution >= 0.6 is 12.2 Å². The molecule has 0 radical (unpaired) electrons. The third-order valence-corrected chi connectivity index (χ3v) is 2.79. The topological polar surface area (TPSA) is 29.9 Å². The van der Waals surface area contributed by atoms with E-state index in [-0.39, 0.29) is 6.61 Å². The molecule has 1 aromatic carbocycles. The van der Waals surface area contributed by atoms with E-state index in [2.05, 4.69) is 4.98 Å². The van der Waals surface area contributed by atoms with Gasteiger partial charge in [-0.1, -0.05) is 6.07 Å². The number of benzene rings is 1. The number of hydrogen-bond acceptors (Lipinski definition) is 2. The number of imidazole rings is 1. The summed E-state index contributed by atoms with van der Waals surface area (Å²) in [5, 5.41) is 0. The van der Waals surface area contributed by atoms with Crippen molar-refractivity contribution in [2.75, 3.05) is 13.2 Å². The maximum atomic E-state index is 13.5. The van der Waals surface area contributed by atoms with Crippen LogP contribution in [0.4, 0.5) is 13.2 Å². The molecule has 0 spiro atoms. The average molecular weight is 276 g/mol. The van der Waals surface area contributed by atoms with Crippen LogP contribution in [-0.4, -0.2) is 29.2 Å². The number of rotatable bonds is 5. The van der Waals surface area contributed by atoms with Gasteiger partial charge in [0.2, 0.25) is 0 Å². The number of hydrogen-bond donors (Lipinski definition) is 1. The molecular formula is C11H11F3N2OS. The monoisotopic (exact) mass is 276 g/mol. The number of ether oxygens (including phenoxy) is 1. The lowest BCUT2D eigenvalue weighted by atomic mass is 10.3. The molecule has 2 rings (SSSR count). The minimum atomic E-state index is -2.49. The number of fused-ring (bicyclic) bond motifs is 1. The molecule has 7 heteroatoms. The fourth-order valence-electron chi connectivity index (χ4n) is 1.70. The first-order chi connectivity index (χ1) is 8.59. The number of nitrogens with zero attached hydrogens (tertiary/aromatic N) is 1. The van der Waals surface area contributed by atoms with Crippen molar-refractivity contribution in [3.63, 3.8) is 0 Å². The van der Waals surface area contributed by atoms with E-state index in [0.29, 0.717) is 22.3 Å². The van der Waals surface area contributed by atoms with Crippen LogP contribution < -0.4 is 0 Å². The van der Waals surface area contributed by atoms with Crippen molar-refractivity contribution < 1.29 is 17.9 Å². The van der Waals surface area contributed by atoms with Gasteiger partial charge in [0.1, 0.15) is 17.9 Å². The normalized spacial score (nSPS) is 11.6. The number of alkyl halides is 2. The summed E-state index contributed by atoms with van der Waals surface area (Å²) in [6.07, 6.45) is -2.49. The zero-order valence-electron chi connectivity index (χ0n) is 9.33. The van der Waals surface area contributed by atoms with Crippen LogP contribution in [0.3, 0.4) is 0 Å². The smallest absolute Gasteiger partial charge is 0.261 e. The quantitative estimate of drug-likeness (QED) is 0.671. The molecule has 0 unspecified atom stereocenters. The van der Waals surface area contributed by atoms with Gasteiger partial charge in [-0.25, -0.2) is 13.2 Å². The molecule has 0 aliphatic carbocycles. The highest BCUT2D eigenvalue weighted by Gasteiger charge is 2.08. The van der Waals surface area contributed by atoms with Crippen molar-refractivity contribution in [3.8, 4) is 0 Å². The number of H-pyrrole nitrogens is 1. The van der Waals surface area contributed by atoms with Crippen molar-refractivity contribution in [2.45, 2.75) is 13.0 Å². The number of aromatic amines is 1. The van der Waals surface area contributed by atoms with Crippen LogP contribution in [0.15, 0.2) is 18.2 Å². The first-order valence-electron chi connectivity index (χ1n) is 5.32. The fourth-order valence-corrected chi connectivity index (χ4v) is 1.99. The molecule has 98 valence electrons. The van der Waals surface area contributed by atoms with Crippen LogP contribution in [0.25, 0.3) is 11.0 Å². The molecule has 1 aromatic heterocycles. The van der Waals surface area contributed by atoms with E-state index < -0.39 is 18.8 Å². The van der Waals surface area contributed by atoms with E-state index in [0.717, 1.165) is 0 Å². The molecule has 0 aliphatic heterocycles. The number of nitrogens with one attached hydrogen (secondary N) is 1. The highest BCUT2D eigenvalue weighted by atomic mass is 32.1. The van der Waals surface area contributed by atoms with E-state index in [1.807, 2.05) is 0 Å². The molecular weight excluding hydrogens is 265 g/mol. The summed E-state index contributed by atoms with van der Waals surface area (Å²) >= 11 is 5.05. The Morgan fingerprint density at radius 1 is 1.39 bits per heavy atom. The Morgan fingerprint density at radius 2 is 2.17 bits per heavy atom. The van der Waals surface area contributed by atoms with Gasteiger partial charge in [0, 0.05) is 6.54 Å². The maximum absolute atomic E-state index is 13.5. The van der Waals surface area contributed by atoms with Gasteiger partial charge >= 0.3 is 0 Å². The van der Waals surface area contributed by atoms with Gasteiger partial charge in [-0.05, 0) is 24.4 Å². The molecule has 0 bridgehead atoms. The Labute approximate surface area is 106 Å². The lowest BCUT2D eigenvalue weighted by molar-refractivity contribution is 0.0149. The van der Waals surface area contributed by atoms with Crippen molar-refractivity contribution in [2.24, 2.45) is 0 Å². The summed E-state index contributed by atoms with van der Waals surface area (Å²) in [5.41, 5.74) is 0.914. The van der Waals surface area contributed by atoms with Gasteiger partial charge < -0.3 is 14.3 Å². The average Bonchev–Trinajstić information content (AvgIpc) is 2.63.